The molecule has 1 saturated heterocycles. The Labute approximate surface area is 234 Å². The van der Waals surface area contributed by atoms with E-state index in [-0.39, 0.29) is 24.0 Å². The number of aromatic nitrogens is 3. The summed E-state index contributed by atoms with van der Waals surface area (Å²) in [6, 6.07) is 13.8. The lowest BCUT2D eigenvalue weighted by molar-refractivity contribution is -0.118. The normalized spacial score (nSPS) is 13.4. The molecule has 1 fully saturated rings. The van der Waals surface area contributed by atoms with Gasteiger partial charge in [0.15, 0.2) is 0 Å². The van der Waals surface area contributed by atoms with Gasteiger partial charge in [0, 0.05) is 50.8 Å². The van der Waals surface area contributed by atoms with Crippen LogP contribution in [0.2, 0.25) is 10.0 Å². The monoisotopic (exact) mass is 565 g/mol. The lowest BCUT2D eigenvalue weighted by Crippen LogP contribution is -2.50. The number of likely N-dealkylation sites (N-methyl/N-ethyl adjacent to an activating group) is 1. The second kappa shape index (κ2) is 11.3. The average Bonchev–Trinajstić information content (AvgIpc) is 2.96. The first-order valence-electron chi connectivity index (χ1n) is 12.2. The van der Waals surface area contributed by atoms with Crippen molar-refractivity contribution in [2.45, 2.75) is 6.54 Å². The molecule has 12 heteroatoms. The summed E-state index contributed by atoms with van der Waals surface area (Å²) in [6.45, 7) is 2.07. The molecule has 0 aliphatic carbocycles. The minimum Gasteiger partial charge on any atom is -0.368 e. The molecule has 4 aromatic rings. The molecule has 1 aliphatic rings. The Hall–Kier alpha value is -4.15. The number of halogens is 2. The lowest BCUT2D eigenvalue weighted by atomic mass is 10.2. The van der Waals surface area contributed by atoms with Gasteiger partial charge in [0.05, 0.1) is 39.2 Å². The van der Waals surface area contributed by atoms with Crippen molar-refractivity contribution >= 4 is 63.1 Å². The molecule has 2 aromatic heterocycles. The molecule has 0 radical (unpaired) electrons. The van der Waals surface area contributed by atoms with Gasteiger partial charge in [-0.3, -0.25) is 19.1 Å². The van der Waals surface area contributed by atoms with E-state index >= 15 is 0 Å². The molecule has 0 saturated carbocycles. The number of benzene rings is 2. The van der Waals surface area contributed by atoms with Crippen molar-refractivity contribution in [2.75, 3.05) is 48.3 Å². The summed E-state index contributed by atoms with van der Waals surface area (Å²) in [6.07, 6.45) is 4.63. The number of pyridine rings is 1. The van der Waals surface area contributed by atoms with Crippen molar-refractivity contribution in [3.8, 4) is 0 Å². The smallest absolute Gasteiger partial charge is 0.322 e. The Morgan fingerprint density at radius 2 is 1.82 bits per heavy atom. The number of piperazine rings is 1. The number of urea groups is 1. The lowest BCUT2D eigenvalue weighted by Gasteiger charge is -2.36. The average molecular weight is 566 g/mol. The first-order valence-corrected chi connectivity index (χ1v) is 13.0. The zero-order chi connectivity index (χ0) is 27.5. The first-order chi connectivity index (χ1) is 18.8. The number of nitrogens with one attached hydrogen (secondary N) is 1. The van der Waals surface area contributed by atoms with Crippen LogP contribution in [0.5, 0.6) is 0 Å². The predicted octanol–water partition coefficient (Wildman–Crippen LogP) is 4.12. The van der Waals surface area contributed by atoms with Crippen LogP contribution in [0.1, 0.15) is 0 Å². The van der Waals surface area contributed by atoms with E-state index in [0.29, 0.717) is 58.5 Å². The number of rotatable bonds is 5. The highest BCUT2D eigenvalue weighted by molar-refractivity contribution is 6.42. The van der Waals surface area contributed by atoms with E-state index in [2.05, 4.69) is 20.2 Å². The zero-order valence-electron chi connectivity index (χ0n) is 21.1. The maximum atomic E-state index is 13.3. The molecule has 0 unspecified atom stereocenters. The van der Waals surface area contributed by atoms with Gasteiger partial charge in [0.1, 0.15) is 6.54 Å². The van der Waals surface area contributed by atoms with Crippen LogP contribution >= 0.6 is 23.2 Å². The number of hydrogen-bond acceptors (Lipinski definition) is 6. The second-order valence-corrected chi connectivity index (χ2v) is 9.89. The standard InChI is InChI=1S/C27H25Cl2N7O3/c1-33(19-4-6-22(28)23(29)14-19)25(37)16-36-17-31-24-7-5-20(13-21(24)26(36)38)34-9-11-35(12-10-34)27(39)32-18-3-2-8-30-15-18/h2-8,13-15,17H,9-12,16H2,1H3,(H,32,39). The third kappa shape index (κ3) is 5.81. The predicted molar refractivity (Wildman–Crippen MR) is 153 cm³/mol. The van der Waals surface area contributed by atoms with Crippen LogP contribution in [0.3, 0.4) is 0 Å². The highest BCUT2D eigenvalue weighted by atomic mass is 35.5. The molecule has 1 N–H and O–H groups in total. The molecule has 5 rings (SSSR count). The van der Waals surface area contributed by atoms with Crippen molar-refractivity contribution in [1.82, 2.24) is 19.4 Å². The Balaban J connectivity index is 1.27. The third-order valence-corrected chi connectivity index (χ3v) is 7.36. The summed E-state index contributed by atoms with van der Waals surface area (Å²) in [4.78, 5) is 52.5. The fourth-order valence-electron chi connectivity index (χ4n) is 4.35. The van der Waals surface area contributed by atoms with Crippen LogP contribution in [0.25, 0.3) is 10.9 Å². The van der Waals surface area contributed by atoms with Gasteiger partial charge in [0.2, 0.25) is 5.91 Å². The molecule has 1 aliphatic heterocycles. The van der Waals surface area contributed by atoms with Crippen molar-refractivity contribution < 1.29 is 9.59 Å². The van der Waals surface area contributed by atoms with Crippen molar-refractivity contribution in [3.63, 3.8) is 0 Å². The van der Waals surface area contributed by atoms with Crippen LogP contribution in [-0.2, 0) is 11.3 Å². The van der Waals surface area contributed by atoms with Crippen LogP contribution in [0, 0.1) is 0 Å². The van der Waals surface area contributed by atoms with Gasteiger partial charge in [0.25, 0.3) is 5.56 Å². The molecule has 3 amide bonds. The largest absolute Gasteiger partial charge is 0.368 e. The fraction of sp³-hybridized carbons (Fsp3) is 0.222. The summed E-state index contributed by atoms with van der Waals surface area (Å²) in [5.74, 6) is -0.312. The SMILES string of the molecule is CN(C(=O)Cn1cnc2ccc(N3CCN(C(=O)Nc4cccnc4)CC3)cc2c1=O)c1ccc(Cl)c(Cl)c1. The van der Waals surface area contributed by atoms with Gasteiger partial charge in [-0.05, 0) is 48.5 Å². The first kappa shape index (κ1) is 26.5. The van der Waals surface area contributed by atoms with Crippen LogP contribution in [0.4, 0.5) is 21.9 Å². The fourth-order valence-corrected chi connectivity index (χ4v) is 4.65. The number of carbonyl (C=O) groups is 2. The van der Waals surface area contributed by atoms with Crippen LogP contribution in [-0.4, -0.2) is 64.6 Å². The minimum absolute atomic E-state index is 0.177. The Morgan fingerprint density at radius 1 is 1.03 bits per heavy atom. The van der Waals surface area contributed by atoms with E-state index in [4.69, 9.17) is 23.2 Å². The van der Waals surface area contributed by atoms with Gasteiger partial charge in [-0.15, -0.1) is 0 Å². The Bertz CT molecular complexity index is 1590. The number of hydrogen-bond donors (Lipinski definition) is 1. The molecule has 3 heterocycles. The number of carbonyl (C=O) groups excluding carboxylic acids is 2. The van der Waals surface area contributed by atoms with Crippen molar-refractivity contribution in [1.29, 1.82) is 0 Å². The van der Waals surface area contributed by atoms with Gasteiger partial charge in [-0.25, -0.2) is 9.78 Å². The molecule has 0 atom stereocenters. The molecule has 0 bridgehead atoms. The van der Waals surface area contributed by atoms with Crippen molar-refractivity contribution in [2.24, 2.45) is 0 Å². The highest BCUT2D eigenvalue weighted by Gasteiger charge is 2.22. The third-order valence-electron chi connectivity index (χ3n) is 6.62. The zero-order valence-corrected chi connectivity index (χ0v) is 22.6. The topological polar surface area (TPSA) is 104 Å². The van der Waals surface area contributed by atoms with E-state index in [0.717, 1.165) is 5.69 Å². The quantitative estimate of drug-likeness (QED) is 0.390. The number of nitrogens with zero attached hydrogens (tertiary/aromatic N) is 6. The summed E-state index contributed by atoms with van der Waals surface area (Å²) in [7, 11) is 1.61. The van der Waals surface area contributed by atoms with E-state index in [1.807, 2.05) is 6.07 Å². The number of amides is 3. The molecule has 200 valence electrons. The maximum Gasteiger partial charge on any atom is 0.322 e. The number of fused-ring (bicyclic) bond motifs is 1. The molecule has 10 nitrogen and oxygen atoms in total. The second-order valence-electron chi connectivity index (χ2n) is 9.08. The van der Waals surface area contributed by atoms with E-state index in [1.54, 1.807) is 66.8 Å². The van der Waals surface area contributed by atoms with Gasteiger partial charge < -0.3 is 20.0 Å². The highest BCUT2D eigenvalue weighted by Crippen LogP contribution is 2.27. The van der Waals surface area contributed by atoms with E-state index < -0.39 is 0 Å². The van der Waals surface area contributed by atoms with Crippen LogP contribution in [0.15, 0.2) is 72.0 Å². The van der Waals surface area contributed by atoms with Gasteiger partial charge in [-0.1, -0.05) is 23.2 Å². The minimum atomic E-state index is -0.313. The summed E-state index contributed by atoms with van der Waals surface area (Å²) in [5.41, 5.74) is 2.29. The van der Waals surface area contributed by atoms with Gasteiger partial charge in [-0.2, -0.15) is 0 Å². The maximum absolute atomic E-state index is 13.3. The Kier molecular flexibility index (Phi) is 7.67. The molecular weight excluding hydrogens is 541 g/mol. The summed E-state index contributed by atoms with van der Waals surface area (Å²) in [5, 5.41) is 3.99. The molecular formula is C27H25Cl2N7O3. The van der Waals surface area contributed by atoms with Gasteiger partial charge >= 0.3 is 6.03 Å². The van der Waals surface area contributed by atoms with Crippen molar-refractivity contribution in [3.05, 3.63) is 87.7 Å². The molecule has 39 heavy (non-hydrogen) atoms. The Morgan fingerprint density at radius 3 is 2.54 bits per heavy atom. The van der Waals surface area contributed by atoms with E-state index in [9.17, 15) is 14.4 Å². The van der Waals surface area contributed by atoms with Crippen LogP contribution < -0.4 is 20.7 Å². The van der Waals surface area contributed by atoms with E-state index in [1.165, 1.54) is 15.8 Å². The summed E-state index contributed by atoms with van der Waals surface area (Å²) >= 11 is 12.1. The summed E-state index contributed by atoms with van der Waals surface area (Å²) < 4.78 is 1.29. The number of anilines is 3. The molecule has 2 aromatic carbocycles. The molecule has 0 spiro atoms.